The molecule has 1 aromatic carbocycles. The average molecular weight is 298 g/mol. The summed E-state index contributed by atoms with van der Waals surface area (Å²) in [6.45, 7) is 6.63. The molecule has 114 valence electrons. The van der Waals surface area contributed by atoms with E-state index in [9.17, 15) is 8.42 Å². The fourth-order valence-electron chi connectivity index (χ4n) is 1.99. The minimum atomic E-state index is -3.43. The van der Waals surface area contributed by atoms with Crippen molar-refractivity contribution >= 4 is 10.0 Å². The number of benzene rings is 1. The predicted octanol–water partition coefficient (Wildman–Crippen LogP) is 2.76. The van der Waals surface area contributed by atoms with Crippen molar-refractivity contribution in [2.75, 3.05) is 13.6 Å². The number of nitrogens with zero attached hydrogens (tertiary/aromatic N) is 1. The van der Waals surface area contributed by atoms with Crippen molar-refractivity contribution < 1.29 is 8.42 Å². The van der Waals surface area contributed by atoms with Crippen LogP contribution in [0.2, 0.25) is 0 Å². The van der Waals surface area contributed by atoms with Crippen LogP contribution in [0.4, 0.5) is 0 Å². The van der Waals surface area contributed by atoms with Crippen molar-refractivity contribution in [3.05, 3.63) is 29.8 Å². The number of hydrogen-bond acceptors (Lipinski definition) is 3. The van der Waals surface area contributed by atoms with E-state index < -0.39 is 10.0 Å². The highest BCUT2D eigenvalue weighted by atomic mass is 32.2. The van der Waals surface area contributed by atoms with Crippen molar-refractivity contribution in [2.24, 2.45) is 11.7 Å². The summed E-state index contributed by atoms with van der Waals surface area (Å²) in [6.07, 6.45) is 1.74. The maximum absolute atomic E-state index is 12.5. The molecule has 2 unspecified atom stereocenters. The van der Waals surface area contributed by atoms with Crippen LogP contribution in [0.1, 0.15) is 45.2 Å². The molecular weight excluding hydrogens is 272 g/mol. The Balaban J connectivity index is 3.03. The Morgan fingerprint density at radius 3 is 2.45 bits per heavy atom. The lowest BCUT2D eigenvalue weighted by atomic mass is 10.1. The fourth-order valence-corrected chi connectivity index (χ4v) is 3.33. The number of nitrogens with two attached hydrogens (primary N) is 1. The van der Waals surface area contributed by atoms with Gasteiger partial charge in [-0.3, -0.25) is 0 Å². The first-order valence-corrected chi connectivity index (χ1v) is 8.58. The summed E-state index contributed by atoms with van der Waals surface area (Å²) in [7, 11) is -1.80. The highest BCUT2D eigenvalue weighted by Crippen LogP contribution is 2.21. The van der Waals surface area contributed by atoms with Crippen LogP contribution in [0.3, 0.4) is 0 Å². The van der Waals surface area contributed by atoms with Crippen LogP contribution < -0.4 is 5.73 Å². The van der Waals surface area contributed by atoms with Crippen LogP contribution in [0.5, 0.6) is 0 Å². The Morgan fingerprint density at radius 2 is 1.90 bits per heavy atom. The molecular formula is C15H26N2O2S. The third-order valence-corrected chi connectivity index (χ3v) is 5.52. The summed E-state index contributed by atoms with van der Waals surface area (Å²) < 4.78 is 26.5. The van der Waals surface area contributed by atoms with Gasteiger partial charge in [-0.2, -0.15) is 0 Å². The summed E-state index contributed by atoms with van der Waals surface area (Å²) in [5.74, 6) is 0.343. The van der Waals surface area contributed by atoms with E-state index >= 15 is 0 Å². The molecule has 0 fully saturated rings. The maximum Gasteiger partial charge on any atom is 0.242 e. The van der Waals surface area contributed by atoms with Gasteiger partial charge in [-0.05, 0) is 30.0 Å². The zero-order chi connectivity index (χ0) is 15.3. The van der Waals surface area contributed by atoms with E-state index in [2.05, 4.69) is 13.8 Å². The first-order valence-electron chi connectivity index (χ1n) is 7.14. The molecule has 1 rings (SSSR count). The van der Waals surface area contributed by atoms with Gasteiger partial charge in [-0.1, -0.05) is 39.3 Å². The standard InChI is InChI=1S/C15H26N2O2S/c1-5-12(3)11-17(4)20(18,19)14-9-7-8-13(10-14)15(16)6-2/h7-10,12,15H,5-6,11,16H2,1-4H3. The third kappa shape index (κ3) is 4.04. The molecule has 2 N–H and O–H groups in total. The van der Waals surface area contributed by atoms with Gasteiger partial charge in [0.25, 0.3) is 0 Å². The lowest BCUT2D eigenvalue weighted by molar-refractivity contribution is 0.393. The SMILES string of the molecule is CCC(C)CN(C)S(=O)(=O)c1cccc(C(N)CC)c1. The lowest BCUT2D eigenvalue weighted by Gasteiger charge is -2.21. The molecule has 0 saturated carbocycles. The normalized spacial score (nSPS) is 15.3. The topological polar surface area (TPSA) is 63.4 Å². The van der Waals surface area contributed by atoms with Gasteiger partial charge in [0.05, 0.1) is 4.90 Å². The molecule has 0 amide bonds. The Bertz CT molecular complexity index is 528. The molecule has 20 heavy (non-hydrogen) atoms. The summed E-state index contributed by atoms with van der Waals surface area (Å²) in [6, 6.07) is 6.84. The van der Waals surface area contributed by atoms with Crippen molar-refractivity contribution in [3.63, 3.8) is 0 Å². The average Bonchev–Trinajstić information content (AvgIpc) is 2.46. The lowest BCUT2D eigenvalue weighted by Crippen LogP contribution is -2.31. The van der Waals surface area contributed by atoms with Gasteiger partial charge in [0, 0.05) is 19.6 Å². The highest BCUT2D eigenvalue weighted by molar-refractivity contribution is 7.89. The van der Waals surface area contributed by atoms with Gasteiger partial charge in [-0.25, -0.2) is 12.7 Å². The smallest absolute Gasteiger partial charge is 0.242 e. The largest absolute Gasteiger partial charge is 0.324 e. The summed E-state index contributed by atoms with van der Waals surface area (Å²) in [5, 5.41) is 0. The van der Waals surface area contributed by atoms with Crippen molar-refractivity contribution in [2.45, 2.75) is 44.6 Å². The first kappa shape index (κ1) is 17.1. The molecule has 5 heteroatoms. The molecule has 2 atom stereocenters. The van der Waals surface area contributed by atoms with Crippen molar-refractivity contribution in [3.8, 4) is 0 Å². The zero-order valence-electron chi connectivity index (χ0n) is 12.8. The highest BCUT2D eigenvalue weighted by Gasteiger charge is 2.22. The van der Waals surface area contributed by atoms with Crippen LogP contribution in [0, 0.1) is 5.92 Å². The van der Waals surface area contributed by atoms with E-state index in [1.54, 1.807) is 25.2 Å². The zero-order valence-corrected chi connectivity index (χ0v) is 13.7. The van der Waals surface area contributed by atoms with Crippen LogP contribution >= 0.6 is 0 Å². The molecule has 0 heterocycles. The van der Waals surface area contributed by atoms with Gasteiger partial charge >= 0.3 is 0 Å². The molecule has 0 bridgehead atoms. The fraction of sp³-hybridized carbons (Fsp3) is 0.600. The van der Waals surface area contributed by atoms with E-state index in [0.717, 1.165) is 18.4 Å². The van der Waals surface area contributed by atoms with Gasteiger partial charge in [-0.15, -0.1) is 0 Å². The summed E-state index contributed by atoms with van der Waals surface area (Å²) >= 11 is 0. The second kappa shape index (κ2) is 7.20. The second-order valence-electron chi connectivity index (χ2n) is 5.39. The van der Waals surface area contributed by atoms with E-state index in [-0.39, 0.29) is 6.04 Å². The van der Waals surface area contributed by atoms with Crippen molar-refractivity contribution in [1.29, 1.82) is 0 Å². The quantitative estimate of drug-likeness (QED) is 0.842. The third-order valence-electron chi connectivity index (χ3n) is 3.70. The molecule has 0 aliphatic rings. The summed E-state index contributed by atoms with van der Waals surface area (Å²) in [4.78, 5) is 0.324. The van der Waals surface area contributed by atoms with Crippen molar-refractivity contribution in [1.82, 2.24) is 4.31 Å². The molecule has 0 aromatic heterocycles. The van der Waals surface area contributed by atoms with E-state index in [0.29, 0.717) is 17.4 Å². The Hall–Kier alpha value is -0.910. The predicted molar refractivity (Wildman–Crippen MR) is 82.9 cm³/mol. The second-order valence-corrected chi connectivity index (χ2v) is 7.43. The van der Waals surface area contributed by atoms with Gasteiger partial charge < -0.3 is 5.73 Å². The molecule has 0 aliphatic heterocycles. The number of hydrogen-bond donors (Lipinski definition) is 1. The molecule has 0 radical (unpaired) electrons. The molecule has 4 nitrogen and oxygen atoms in total. The Kier molecular flexibility index (Phi) is 6.17. The van der Waals surface area contributed by atoms with Crippen LogP contribution in [-0.4, -0.2) is 26.3 Å². The molecule has 1 aromatic rings. The number of sulfonamides is 1. The number of rotatable bonds is 7. The molecule has 0 aliphatic carbocycles. The van der Waals surface area contributed by atoms with Gasteiger partial charge in [0.2, 0.25) is 10.0 Å². The molecule has 0 spiro atoms. The Labute approximate surface area is 123 Å². The van der Waals surface area contributed by atoms with Gasteiger partial charge in [0.1, 0.15) is 0 Å². The molecule has 0 saturated heterocycles. The minimum Gasteiger partial charge on any atom is -0.324 e. The van der Waals surface area contributed by atoms with E-state index in [1.807, 2.05) is 13.0 Å². The van der Waals surface area contributed by atoms with E-state index in [1.165, 1.54) is 4.31 Å². The van der Waals surface area contributed by atoms with Crippen LogP contribution in [0.15, 0.2) is 29.2 Å². The summed E-state index contributed by atoms with van der Waals surface area (Å²) in [5.41, 5.74) is 6.84. The maximum atomic E-state index is 12.5. The monoisotopic (exact) mass is 298 g/mol. The first-order chi connectivity index (χ1) is 9.32. The van der Waals surface area contributed by atoms with E-state index in [4.69, 9.17) is 5.73 Å². The van der Waals surface area contributed by atoms with Crippen LogP contribution in [0.25, 0.3) is 0 Å². The van der Waals surface area contributed by atoms with Gasteiger partial charge in [0.15, 0.2) is 0 Å². The van der Waals surface area contributed by atoms with Crippen LogP contribution in [-0.2, 0) is 10.0 Å². The minimum absolute atomic E-state index is 0.120. The Morgan fingerprint density at radius 1 is 1.25 bits per heavy atom.